The molecule has 0 aromatic heterocycles. The van der Waals surface area contributed by atoms with Crippen molar-refractivity contribution in [2.24, 2.45) is 0 Å². The van der Waals surface area contributed by atoms with E-state index in [1.807, 2.05) is 6.92 Å². The first-order valence-corrected chi connectivity index (χ1v) is 9.76. The maximum absolute atomic E-state index is 13.8. The highest BCUT2D eigenvalue weighted by Gasteiger charge is 2.24. The van der Waals surface area contributed by atoms with E-state index in [4.69, 9.17) is 9.47 Å². The normalized spacial score (nSPS) is 14.2. The van der Waals surface area contributed by atoms with E-state index < -0.39 is 15.8 Å². The van der Waals surface area contributed by atoms with Gasteiger partial charge in [-0.05, 0) is 43.3 Å². The van der Waals surface area contributed by atoms with Crippen molar-refractivity contribution in [2.45, 2.75) is 11.8 Å². The minimum absolute atomic E-state index is 0.0543. The second-order valence-corrected chi connectivity index (χ2v) is 7.53. The number of nitrogens with one attached hydrogen (secondary N) is 1. The summed E-state index contributed by atoms with van der Waals surface area (Å²) in [6.45, 7) is 3.19. The van der Waals surface area contributed by atoms with Gasteiger partial charge in [0.1, 0.15) is 12.4 Å². The van der Waals surface area contributed by atoms with E-state index in [2.05, 4.69) is 4.72 Å². The maximum Gasteiger partial charge on any atom is 0.262 e. The fraction of sp³-hybridized carbons (Fsp3) is 0.278. The standard InChI is InChI=1S/C18H19FN2O5S/c1-3-21-8-9-26-16-6-4-12(10-14(16)18(21)22)20-27(23,24)13-5-7-17(25-2)15(19)11-13/h4-7,10-11,20H,3,8-9H2,1-2H3. The number of hydrogen-bond donors (Lipinski definition) is 1. The smallest absolute Gasteiger partial charge is 0.262 e. The molecule has 0 unspecified atom stereocenters. The van der Waals surface area contributed by atoms with E-state index >= 15 is 0 Å². The number of fused-ring (bicyclic) bond motifs is 1. The van der Waals surface area contributed by atoms with Crippen molar-refractivity contribution in [3.63, 3.8) is 0 Å². The molecular formula is C18H19FN2O5S. The van der Waals surface area contributed by atoms with Crippen molar-refractivity contribution < 1.29 is 27.1 Å². The van der Waals surface area contributed by atoms with Gasteiger partial charge in [0.2, 0.25) is 0 Å². The van der Waals surface area contributed by atoms with Crippen LogP contribution in [0.4, 0.5) is 10.1 Å². The number of hydrogen-bond acceptors (Lipinski definition) is 5. The number of methoxy groups -OCH3 is 1. The number of nitrogens with zero attached hydrogens (tertiary/aromatic N) is 1. The Morgan fingerprint density at radius 1 is 1.26 bits per heavy atom. The van der Waals surface area contributed by atoms with Crippen LogP contribution < -0.4 is 14.2 Å². The van der Waals surface area contributed by atoms with Crippen LogP contribution in [0.2, 0.25) is 0 Å². The van der Waals surface area contributed by atoms with Gasteiger partial charge in [-0.1, -0.05) is 0 Å². The second-order valence-electron chi connectivity index (χ2n) is 5.85. The van der Waals surface area contributed by atoms with Crippen LogP contribution in [0.1, 0.15) is 17.3 Å². The molecule has 0 fully saturated rings. The average Bonchev–Trinajstić information content (AvgIpc) is 2.80. The van der Waals surface area contributed by atoms with Crippen molar-refractivity contribution in [1.29, 1.82) is 0 Å². The largest absolute Gasteiger partial charge is 0.494 e. The summed E-state index contributed by atoms with van der Waals surface area (Å²) < 4.78 is 51.6. The molecule has 0 radical (unpaired) electrons. The van der Waals surface area contributed by atoms with Crippen LogP contribution in [0.25, 0.3) is 0 Å². The minimum Gasteiger partial charge on any atom is -0.494 e. The van der Waals surface area contributed by atoms with Gasteiger partial charge in [-0.25, -0.2) is 12.8 Å². The molecule has 1 aliphatic heterocycles. The Bertz CT molecular complexity index is 978. The zero-order chi connectivity index (χ0) is 19.6. The maximum atomic E-state index is 13.8. The number of anilines is 1. The third-order valence-electron chi connectivity index (χ3n) is 4.18. The van der Waals surface area contributed by atoms with Gasteiger partial charge in [0.05, 0.1) is 24.1 Å². The van der Waals surface area contributed by atoms with E-state index in [9.17, 15) is 17.6 Å². The summed E-state index contributed by atoms with van der Waals surface area (Å²) in [5, 5.41) is 0. The van der Waals surface area contributed by atoms with Gasteiger partial charge in [-0.3, -0.25) is 9.52 Å². The summed E-state index contributed by atoms with van der Waals surface area (Å²) in [4.78, 5) is 13.9. The molecule has 0 bridgehead atoms. The molecule has 2 aromatic rings. The molecule has 0 aliphatic carbocycles. The number of amides is 1. The number of likely N-dealkylation sites (N-methyl/N-ethyl adjacent to an activating group) is 1. The predicted molar refractivity (Wildman–Crippen MR) is 97.3 cm³/mol. The van der Waals surface area contributed by atoms with E-state index in [1.54, 1.807) is 11.0 Å². The number of benzene rings is 2. The predicted octanol–water partition coefficient (Wildman–Crippen LogP) is 2.49. The highest BCUT2D eigenvalue weighted by molar-refractivity contribution is 7.92. The summed E-state index contributed by atoms with van der Waals surface area (Å²) in [6, 6.07) is 7.79. The molecule has 27 heavy (non-hydrogen) atoms. The van der Waals surface area contributed by atoms with Gasteiger partial charge >= 0.3 is 0 Å². The molecule has 0 atom stereocenters. The lowest BCUT2D eigenvalue weighted by atomic mass is 10.1. The van der Waals surface area contributed by atoms with Crippen LogP contribution in [0, 0.1) is 5.82 Å². The van der Waals surface area contributed by atoms with Crippen LogP contribution in [0.5, 0.6) is 11.5 Å². The monoisotopic (exact) mass is 394 g/mol. The van der Waals surface area contributed by atoms with Crippen LogP contribution in [0.15, 0.2) is 41.3 Å². The van der Waals surface area contributed by atoms with Gasteiger partial charge in [0, 0.05) is 12.2 Å². The Balaban J connectivity index is 1.92. The summed E-state index contributed by atoms with van der Waals surface area (Å²) in [6.07, 6.45) is 0. The number of ether oxygens (including phenoxy) is 2. The van der Waals surface area contributed by atoms with Crippen molar-refractivity contribution >= 4 is 21.6 Å². The Labute approximate surface area is 156 Å². The summed E-state index contributed by atoms with van der Waals surface area (Å²) in [7, 11) is -2.75. The van der Waals surface area contributed by atoms with Gasteiger partial charge in [-0.2, -0.15) is 0 Å². The molecule has 1 aliphatic rings. The van der Waals surface area contributed by atoms with Gasteiger partial charge < -0.3 is 14.4 Å². The quantitative estimate of drug-likeness (QED) is 0.842. The Hall–Kier alpha value is -2.81. The highest BCUT2D eigenvalue weighted by Crippen LogP contribution is 2.28. The molecule has 0 saturated carbocycles. The number of halogens is 1. The van der Waals surface area contributed by atoms with Crippen LogP contribution >= 0.6 is 0 Å². The Morgan fingerprint density at radius 2 is 2.04 bits per heavy atom. The highest BCUT2D eigenvalue weighted by atomic mass is 32.2. The Kier molecular flexibility index (Phi) is 5.22. The lowest BCUT2D eigenvalue weighted by Crippen LogP contribution is -2.32. The molecule has 1 N–H and O–H groups in total. The third kappa shape index (κ3) is 3.82. The fourth-order valence-corrected chi connectivity index (χ4v) is 3.82. The molecule has 3 rings (SSSR count). The molecule has 144 valence electrons. The molecule has 0 saturated heterocycles. The number of carbonyl (C=O) groups is 1. The van der Waals surface area contributed by atoms with Gasteiger partial charge in [-0.15, -0.1) is 0 Å². The van der Waals surface area contributed by atoms with E-state index in [0.29, 0.717) is 25.4 Å². The van der Waals surface area contributed by atoms with E-state index in [1.165, 1.54) is 31.4 Å². The second kappa shape index (κ2) is 7.43. The van der Waals surface area contributed by atoms with Crippen LogP contribution in [-0.2, 0) is 10.0 Å². The molecule has 1 amide bonds. The lowest BCUT2D eigenvalue weighted by molar-refractivity contribution is 0.0765. The molecule has 0 spiro atoms. The number of sulfonamides is 1. The molecule has 9 heteroatoms. The first-order chi connectivity index (χ1) is 12.9. The third-order valence-corrected chi connectivity index (χ3v) is 5.56. The summed E-state index contributed by atoms with van der Waals surface area (Å²) in [5.74, 6) is -0.679. The average molecular weight is 394 g/mol. The van der Waals surface area contributed by atoms with Crippen molar-refractivity contribution in [3.8, 4) is 11.5 Å². The minimum atomic E-state index is -4.04. The zero-order valence-electron chi connectivity index (χ0n) is 14.9. The first kappa shape index (κ1) is 19.0. The summed E-state index contributed by atoms with van der Waals surface area (Å²) in [5.41, 5.74) is 0.454. The topological polar surface area (TPSA) is 84.9 Å². The van der Waals surface area contributed by atoms with Crippen LogP contribution in [0.3, 0.4) is 0 Å². The molecule has 7 nitrogen and oxygen atoms in total. The van der Waals surface area contributed by atoms with Gasteiger partial charge in [0.15, 0.2) is 11.6 Å². The van der Waals surface area contributed by atoms with Crippen molar-refractivity contribution in [2.75, 3.05) is 31.5 Å². The fourth-order valence-electron chi connectivity index (χ4n) is 2.75. The number of carbonyl (C=O) groups excluding carboxylic acids is 1. The summed E-state index contributed by atoms with van der Waals surface area (Å²) >= 11 is 0. The van der Waals surface area contributed by atoms with Crippen LogP contribution in [-0.4, -0.2) is 46.0 Å². The molecule has 2 aromatic carbocycles. The molecule has 1 heterocycles. The van der Waals surface area contributed by atoms with Crippen molar-refractivity contribution in [1.82, 2.24) is 4.90 Å². The Morgan fingerprint density at radius 3 is 2.70 bits per heavy atom. The lowest BCUT2D eigenvalue weighted by Gasteiger charge is -2.17. The zero-order valence-corrected chi connectivity index (χ0v) is 15.7. The van der Waals surface area contributed by atoms with Gasteiger partial charge in [0.25, 0.3) is 15.9 Å². The SMILES string of the molecule is CCN1CCOc2ccc(NS(=O)(=O)c3ccc(OC)c(F)c3)cc2C1=O. The first-order valence-electron chi connectivity index (χ1n) is 8.28. The number of rotatable bonds is 5. The molecular weight excluding hydrogens is 375 g/mol. The van der Waals surface area contributed by atoms with E-state index in [0.717, 1.165) is 6.07 Å². The van der Waals surface area contributed by atoms with E-state index in [-0.39, 0.29) is 27.8 Å². The van der Waals surface area contributed by atoms with Crippen molar-refractivity contribution in [3.05, 3.63) is 47.8 Å².